The fraction of sp³-hybridized carbons (Fsp3) is 0.600. The molecule has 0 atom stereocenters. The van der Waals surface area contributed by atoms with Crippen molar-refractivity contribution in [3.05, 3.63) is 22.8 Å². The maximum atomic E-state index is 12.3. The summed E-state index contributed by atoms with van der Waals surface area (Å²) >= 11 is 5.92. The first-order valence-electron chi connectivity index (χ1n) is 7.22. The summed E-state index contributed by atoms with van der Waals surface area (Å²) in [5.41, 5.74) is 0.844. The summed E-state index contributed by atoms with van der Waals surface area (Å²) in [7, 11) is 1.75. The monoisotopic (exact) mass is 295 g/mol. The number of pyridine rings is 1. The molecule has 1 saturated carbocycles. The molecule has 1 amide bonds. The quantitative estimate of drug-likeness (QED) is 0.818. The zero-order valence-electron chi connectivity index (χ0n) is 12.1. The minimum Gasteiger partial charge on any atom is -0.373 e. The Kier molecular flexibility index (Phi) is 4.86. The van der Waals surface area contributed by atoms with Gasteiger partial charge in [0.15, 0.2) is 0 Å². The van der Waals surface area contributed by atoms with Crippen molar-refractivity contribution in [2.24, 2.45) is 5.41 Å². The third-order valence-corrected chi connectivity index (χ3v) is 4.54. The van der Waals surface area contributed by atoms with Gasteiger partial charge in [-0.15, -0.1) is 0 Å². The molecular weight excluding hydrogens is 274 g/mol. The lowest BCUT2D eigenvalue weighted by Gasteiger charge is -2.27. The first-order chi connectivity index (χ1) is 9.58. The molecule has 4 nitrogen and oxygen atoms in total. The number of rotatable bonds is 5. The van der Waals surface area contributed by atoms with Crippen molar-refractivity contribution in [1.82, 2.24) is 10.3 Å². The van der Waals surface area contributed by atoms with E-state index in [9.17, 15) is 4.79 Å². The van der Waals surface area contributed by atoms with E-state index in [0.29, 0.717) is 21.9 Å². The van der Waals surface area contributed by atoms with Gasteiger partial charge in [-0.2, -0.15) is 0 Å². The molecule has 0 aromatic carbocycles. The molecule has 1 aromatic heterocycles. The van der Waals surface area contributed by atoms with Gasteiger partial charge in [0.05, 0.1) is 0 Å². The normalized spacial score (nSPS) is 16.9. The van der Waals surface area contributed by atoms with Crippen LogP contribution in [0.25, 0.3) is 0 Å². The number of hydrogen-bond donors (Lipinski definition) is 2. The predicted octanol–water partition coefficient (Wildman–Crippen LogP) is 3.48. The Morgan fingerprint density at radius 1 is 1.40 bits per heavy atom. The van der Waals surface area contributed by atoms with E-state index in [2.05, 4.69) is 22.5 Å². The van der Waals surface area contributed by atoms with Gasteiger partial charge in [0, 0.05) is 19.2 Å². The van der Waals surface area contributed by atoms with Crippen molar-refractivity contribution in [1.29, 1.82) is 0 Å². The minimum atomic E-state index is -0.0782. The lowest BCUT2D eigenvalue weighted by atomic mass is 9.83. The molecule has 20 heavy (non-hydrogen) atoms. The Labute approximate surface area is 125 Å². The van der Waals surface area contributed by atoms with Crippen molar-refractivity contribution in [3.8, 4) is 0 Å². The molecule has 5 heteroatoms. The second-order valence-electron chi connectivity index (χ2n) is 5.56. The highest BCUT2D eigenvalue weighted by Crippen LogP contribution is 2.40. The van der Waals surface area contributed by atoms with Crippen molar-refractivity contribution < 1.29 is 4.79 Å². The van der Waals surface area contributed by atoms with E-state index in [0.717, 1.165) is 13.0 Å². The first-order valence-corrected chi connectivity index (χ1v) is 7.60. The lowest BCUT2D eigenvalue weighted by molar-refractivity contribution is 0.0928. The van der Waals surface area contributed by atoms with E-state index in [-0.39, 0.29) is 5.91 Å². The summed E-state index contributed by atoms with van der Waals surface area (Å²) in [6.45, 7) is 2.96. The summed E-state index contributed by atoms with van der Waals surface area (Å²) in [4.78, 5) is 16.3. The van der Waals surface area contributed by atoms with Gasteiger partial charge in [-0.1, -0.05) is 31.4 Å². The molecule has 0 radical (unpaired) electrons. The molecule has 0 spiro atoms. The number of amides is 1. The number of carbonyl (C=O) groups excluding carboxylic acids is 1. The smallest absolute Gasteiger partial charge is 0.251 e. The summed E-state index contributed by atoms with van der Waals surface area (Å²) in [6, 6.07) is 3.32. The van der Waals surface area contributed by atoms with Gasteiger partial charge < -0.3 is 10.6 Å². The minimum absolute atomic E-state index is 0.0782. The van der Waals surface area contributed by atoms with Crippen LogP contribution in [0.4, 0.5) is 5.82 Å². The van der Waals surface area contributed by atoms with Crippen LogP contribution in [0.1, 0.15) is 49.4 Å². The topological polar surface area (TPSA) is 54.0 Å². The fourth-order valence-corrected chi connectivity index (χ4v) is 3.11. The summed E-state index contributed by atoms with van der Waals surface area (Å²) < 4.78 is 0. The van der Waals surface area contributed by atoms with Crippen LogP contribution in [0, 0.1) is 5.41 Å². The molecule has 2 rings (SSSR count). The third-order valence-electron chi connectivity index (χ3n) is 4.35. The highest BCUT2D eigenvalue weighted by Gasteiger charge is 2.32. The highest BCUT2D eigenvalue weighted by atomic mass is 35.5. The molecule has 0 unspecified atom stereocenters. The number of nitrogens with zero attached hydrogens (tertiary/aromatic N) is 1. The van der Waals surface area contributed by atoms with Gasteiger partial charge in [-0.3, -0.25) is 4.79 Å². The molecule has 110 valence electrons. The number of halogens is 1. The standard InChI is InChI=1S/C15H22ClN3O/c1-3-15(6-4-5-7-15)10-18-14(20)11-8-12(16)19-13(9-11)17-2/h8-9H,3-7,10H2,1-2H3,(H,17,19)(H,18,20). The number of anilines is 1. The van der Waals surface area contributed by atoms with Gasteiger partial charge in [0.2, 0.25) is 0 Å². The lowest BCUT2D eigenvalue weighted by Crippen LogP contribution is -2.35. The van der Waals surface area contributed by atoms with Gasteiger partial charge >= 0.3 is 0 Å². The Morgan fingerprint density at radius 3 is 2.70 bits per heavy atom. The molecule has 0 saturated heterocycles. The average molecular weight is 296 g/mol. The third kappa shape index (κ3) is 3.42. The highest BCUT2D eigenvalue weighted by molar-refractivity contribution is 6.29. The summed E-state index contributed by atoms with van der Waals surface area (Å²) in [5.74, 6) is 0.527. The number of nitrogens with one attached hydrogen (secondary N) is 2. The van der Waals surface area contributed by atoms with Crippen LogP contribution in [0.2, 0.25) is 5.15 Å². The molecular formula is C15H22ClN3O. The Balaban J connectivity index is 2.03. The zero-order valence-corrected chi connectivity index (χ0v) is 12.9. The van der Waals surface area contributed by atoms with Crippen molar-refractivity contribution in [2.45, 2.75) is 39.0 Å². The number of hydrogen-bond acceptors (Lipinski definition) is 3. The van der Waals surface area contributed by atoms with Crippen LogP contribution in [-0.4, -0.2) is 24.5 Å². The Bertz CT molecular complexity index is 484. The van der Waals surface area contributed by atoms with Crippen LogP contribution in [0.15, 0.2) is 12.1 Å². The molecule has 0 bridgehead atoms. The van der Waals surface area contributed by atoms with E-state index < -0.39 is 0 Å². The predicted molar refractivity (Wildman–Crippen MR) is 82.3 cm³/mol. The van der Waals surface area contributed by atoms with Gasteiger partial charge in [0.25, 0.3) is 5.91 Å². The van der Waals surface area contributed by atoms with E-state index in [4.69, 9.17) is 11.6 Å². The molecule has 1 fully saturated rings. The number of carbonyl (C=O) groups is 1. The van der Waals surface area contributed by atoms with Gasteiger partial charge in [-0.25, -0.2) is 4.98 Å². The van der Waals surface area contributed by atoms with Crippen molar-refractivity contribution in [2.75, 3.05) is 18.9 Å². The second-order valence-corrected chi connectivity index (χ2v) is 5.94. The fourth-order valence-electron chi connectivity index (χ4n) is 2.91. The van der Waals surface area contributed by atoms with E-state index in [1.807, 2.05) is 0 Å². The maximum Gasteiger partial charge on any atom is 0.251 e. The molecule has 1 aliphatic carbocycles. The molecule has 1 heterocycles. The van der Waals surface area contributed by atoms with Crippen LogP contribution in [0.5, 0.6) is 0 Å². The summed E-state index contributed by atoms with van der Waals surface area (Å²) in [5, 5.41) is 6.29. The largest absolute Gasteiger partial charge is 0.373 e. The summed E-state index contributed by atoms with van der Waals surface area (Å²) in [6.07, 6.45) is 6.08. The average Bonchev–Trinajstić information content (AvgIpc) is 2.93. The second kappa shape index (κ2) is 6.44. The van der Waals surface area contributed by atoms with Crippen molar-refractivity contribution in [3.63, 3.8) is 0 Å². The first kappa shape index (κ1) is 15.1. The molecule has 0 aliphatic heterocycles. The van der Waals surface area contributed by atoms with Gasteiger partial charge in [0.1, 0.15) is 11.0 Å². The molecule has 1 aliphatic rings. The SMILES string of the molecule is CCC1(CNC(=O)c2cc(Cl)nc(NC)c2)CCCC1. The number of aromatic nitrogens is 1. The van der Waals surface area contributed by atoms with Crippen LogP contribution < -0.4 is 10.6 Å². The van der Waals surface area contributed by atoms with Crippen LogP contribution in [-0.2, 0) is 0 Å². The van der Waals surface area contributed by atoms with E-state index >= 15 is 0 Å². The van der Waals surface area contributed by atoms with Gasteiger partial charge in [-0.05, 0) is 36.8 Å². The van der Waals surface area contributed by atoms with E-state index in [1.54, 1.807) is 19.2 Å². The maximum absolute atomic E-state index is 12.3. The zero-order chi connectivity index (χ0) is 14.6. The molecule has 1 aromatic rings. The molecule has 2 N–H and O–H groups in total. The Hall–Kier alpha value is -1.29. The van der Waals surface area contributed by atoms with Crippen molar-refractivity contribution >= 4 is 23.3 Å². The Morgan fingerprint density at radius 2 is 2.10 bits per heavy atom. The van der Waals surface area contributed by atoms with E-state index in [1.165, 1.54) is 25.7 Å². The van der Waals surface area contributed by atoms with Crippen LogP contribution >= 0.6 is 11.6 Å². The van der Waals surface area contributed by atoms with Crippen LogP contribution in [0.3, 0.4) is 0 Å².